The smallest absolute Gasteiger partial charge is 0.183 e. The van der Waals surface area contributed by atoms with E-state index < -0.39 is 6.10 Å². The van der Waals surface area contributed by atoms with Gasteiger partial charge in [-0.1, -0.05) is 30.3 Å². The molecule has 0 saturated heterocycles. The van der Waals surface area contributed by atoms with E-state index in [0.29, 0.717) is 18.0 Å². The van der Waals surface area contributed by atoms with Crippen LogP contribution in [0.25, 0.3) is 11.3 Å². The van der Waals surface area contributed by atoms with Crippen LogP contribution in [0.5, 0.6) is 11.5 Å². The number of aliphatic hydroxyl groups excluding tert-OH is 1. The van der Waals surface area contributed by atoms with Crippen LogP contribution in [0.4, 0.5) is 5.13 Å². The van der Waals surface area contributed by atoms with Crippen molar-refractivity contribution in [2.75, 3.05) is 26.1 Å². The van der Waals surface area contributed by atoms with Crippen molar-refractivity contribution in [3.8, 4) is 22.8 Å². The van der Waals surface area contributed by atoms with E-state index in [9.17, 15) is 5.11 Å². The van der Waals surface area contributed by atoms with Crippen molar-refractivity contribution in [1.29, 1.82) is 0 Å². The Morgan fingerprint density at radius 3 is 2.40 bits per heavy atom. The van der Waals surface area contributed by atoms with Crippen molar-refractivity contribution in [2.24, 2.45) is 0 Å². The number of ether oxygens (including phenoxy) is 2. The largest absolute Gasteiger partial charge is 0.497 e. The fraction of sp³-hybridized carbons (Fsp3) is 0.211. The van der Waals surface area contributed by atoms with Crippen LogP contribution in [0.3, 0.4) is 0 Å². The summed E-state index contributed by atoms with van der Waals surface area (Å²) in [4.78, 5) is 4.56. The van der Waals surface area contributed by atoms with Gasteiger partial charge in [0.15, 0.2) is 5.13 Å². The molecule has 1 atom stereocenters. The number of aromatic nitrogens is 1. The Morgan fingerprint density at radius 2 is 1.76 bits per heavy atom. The molecule has 0 bridgehead atoms. The molecule has 130 valence electrons. The Balaban J connectivity index is 1.67. The summed E-state index contributed by atoms with van der Waals surface area (Å²) in [5, 5.41) is 16.4. The Bertz CT molecular complexity index is 798. The van der Waals surface area contributed by atoms with Crippen LogP contribution in [0.15, 0.2) is 53.9 Å². The predicted molar refractivity (Wildman–Crippen MR) is 101 cm³/mol. The summed E-state index contributed by atoms with van der Waals surface area (Å²) >= 11 is 1.51. The number of hydrogen-bond donors (Lipinski definition) is 2. The lowest BCUT2D eigenvalue weighted by Crippen LogP contribution is -2.12. The predicted octanol–water partition coefficient (Wildman–Crippen LogP) is 3.97. The lowest BCUT2D eigenvalue weighted by Gasteiger charge is -2.14. The molecule has 0 aliphatic heterocycles. The fourth-order valence-corrected chi connectivity index (χ4v) is 3.15. The molecule has 1 aromatic heterocycles. The van der Waals surface area contributed by atoms with Crippen LogP contribution in [0.1, 0.15) is 11.7 Å². The molecule has 3 rings (SSSR count). The summed E-state index contributed by atoms with van der Waals surface area (Å²) in [5.74, 6) is 1.29. The Kier molecular flexibility index (Phi) is 5.53. The maximum Gasteiger partial charge on any atom is 0.183 e. The van der Waals surface area contributed by atoms with Gasteiger partial charge >= 0.3 is 0 Å². The molecule has 5 nitrogen and oxygen atoms in total. The molecule has 2 aromatic carbocycles. The van der Waals surface area contributed by atoms with E-state index in [0.717, 1.165) is 22.0 Å². The van der Waals surface area contributed by atoms with Gasteiger partial charge in [-0.15, -0.1) is 11.3 Å². The van der Waals surface area contributed by atoms with E-state index in [-0.39, 0.29) is 0 Å². The number of nitrogens with one attached hydrogen (secondary N) is 1. The molecule has 3 aromatic rings. The van der Waals surface area contributed by atoms with Gasteiger partial charge in [0.25, 0.3) is 0 Å². The van der Waals surface area contributed by atoms with E-state index in [1.807, 2.05) is 35.7 Å². The average molecular weight is 356 g/mol. The third kappa shape index (κ3) is 4.29. The first-order chi connectivity index (χ1) is 12.2. The molecular weight excluding hydrogens is 336 g/mol. The number of hydrogen-bond acceptors (Lipinski definition) is 6. The lowest BCUT2D eigenvalue weighted by molar-refractivity contribution is 0.190. The third-order valence-electron chi connectivity index (χ3n) is 3.78. The number of anilines is 1. The maximum atomic E-state index is 10.4. The molecule has 1 unspecified atom stereocenters. The molecule has 0 radical (unpaired) electrons. The van der Waals surface area contributed by atoms with Crippen molar-refractivity contribution < 1.29 is 14.6 Å². The second kappa shape index (κ2) is 8.00. The number of methoxy groups -OCH3 is 2. The van der Waals surface area contributed by atoms with Gasteiger partial charge in [0.1, 0.15) is 11.5 Å². The van der Waals surface area contributed by atoms with E-state index >= 15 is 0 Å². The Labute approximate surface area is 150 Å². The van der Waals surface area contributed by atoms with Gasteiger partial charge in [0.2, 0.25) is 0 Å². The molecule has 0 spiro atoms. The molecule has 0 amide bonds. The van der Waals surface area contributed by atoms with Gasteiger partial charge in [-0.25, -0.2) is 4.98 Å². The monoisotopic (exact) mass is 356 g/mol. The Hall–Kier alpha value is -2.57. The van der Waals surface area contributed by atoms with Gasteiger partial charge in [-0.05, 0) is 17.7 Å². The highest BCUT2D eigenvalue weighted by Gasteiger charge is 2.12. The van der Waals surface area contributed by atoms with Crippen molar-refractivity contribution in [1.82, 2.24) is 4.98 Å². The molecule has 2 N–H and O–H groups in total. The first-order valence-electron chi connectivity index (χ1n) is 7.85. The topological polar surface area (TPSA) is 63.6 Å². The minimum atomic E-state index is -0.701. The highest BCUT2D eigenvalue weighted by Crippen LogP contribution is 2.28. The van der Waals surface area contributed by atoms with Crippen LogP contribution in [0.2, 0.25) is 0 Å². The van der Waals surface area contributed by atoms with E-state index in [1.165, 1.54) is 11.3 Å². The maximum absolute atomic E-state index is 10.4. The van der Waals surface area contributed by atoms with Crippen molar-refractivity contribution in [2.45, 2.75) is 6.10 Å². The Morgan fingerprint density at radius 1 is 1.08 bits per heavy atom. The zero-order valence-electron chi connectivity index (χ0n) is 14.1. The summed E-state index contributed by atoms with van der Waals surface area (Å²) in [6.07, 6.45) is -0.701. The SMILES string of the molecule is COc1cc(OC)cc(C(O)CNc2nc(-c3ccccc3)cs2)c1. The standard InChI is InChI=1S/C19H20N2O3S/c1-23-15-8-14(9-16(10-15)24-2)18(22)11-20-19-21-17(12-25-19)13-6-4-3-5-7-13/h3-10,12,18,22H,11H2,1-2H3,(H,20,21). The van der Waals surface area contributed by atoms with Gasteiger partial charge in [-0.2, -0.15) is 0 Å². The minimum Gasteiger partial charge on any atom is -0.497 e. The highest BCUT2D eigenvalue weighted by atomic mass is 32.1. The lowest BCUT2D eigenvalue weighted by atomic mass is 10.1. The van der Waals surface area contributed by atoms with Crippen LogP contribution in [0, 0.1) is 0 Å². The van der Waals surface area contributed by atoms with Gasteiger partial charge < -0.3 is 19.9 Å². The second-order valence-electron chi connectivity index (χ2n) is 5.45. The molecule has 6 heteroatoms. The van der Waals surface area contributed by atoms with Crippen molar-refractivity contribution in [3.63, 3.8) is 0 Å². The van der Waals surface area contributed by atoms with Crippen LogP contribution in [-0.2, 0) is 0 Å². The zero-order chi connectivity index (χ0) is 17.6. The quantitative estimate of drug-likeness (QED) is 0.671. The third-order valence-corrected chi connectivity index (χ3v) is 4.58. The first kappa shape index (κ1) is 17.3. The first-order valence-corrected chi connectivity index (χ1v) is 8.73. The van der Waals surface area contributed by atoms with Gasteiger partial charge in [0.05, 0.1) is 26.0 Å². The summed E-state index contributed by atoms with van der Waals surface area (Å²) in [5.41, 5.74) is 2.72. The molecule has 25 heavy (non-hydrogen) atoms. The van der Waals surface area contributed by atoms with Crippen LogP contribution < -0.4 is 14.8 Å². The highest BCUT2D eigenvalue weighted by molar-refractivity contribution is 7.14. The van der Waals surface area contributed by atoms with E-state index in [4.69, 9.17) is 9.47 Å². The number of thiazole rings is 1. The van der Waals surface area contributed by atoms with Crippen molar-refractivity contribution >= 4 is 16.5 Å². The normalized spacial score (nSPS) is 11.8. The fourth-order valence-electron chi connectivity index (χ4n) is 2.42. The number of aliphatic hydroxyl groups is 1. The van der Waals surface area contributed by atoms with E-state index in [1.54, 1.807) is 32.4 Å². The minimum absolute atomic E-state index is 0.345. The molecule has 0 fully saturated rings. The summed E-state index contributed by atoms with van der Waals surface area (Å²) in [6.45, 7) is 0.345. The molecular formula is C19H20N2O3S. The second-order valence-corrected chi connectivity index (χ2v) is 6.30. The number of rotatable bonds is 7. The average Bonchev–Trinajstić information content (AvgIpc) is 3.15. The molecule has 0 aliphatic rings. The van der Waals surface area contributed by atoms with Gasteiger partial charge in [0, 0.05) is 23.6 Å². The van der Waals surface area contributed by atoms with Crippen LogP contribution in [-0.4, -0.2) is 30.9 Å². The number of benzene rings is 2. The van der Waals surface area contributed by atoms with Crippen molar-refractivity contribution in [3.05, 3.63) is 59.5 Å². The molecule has 0 saturated carbocycles. The van der Waals surface area contributed by atoms with Gasteiger partial charge in [-0.3, -0.25) is 0 Å². The summed E-state index contributed by atoms with van der Waals surface area (Å²) in [7, 11) is 3.17. The zero-order valence-corrected chi connectivity index (χ0v) is 14.9. The summed E-state index contributed by atoms with van der Waals surface area (Å²) in [6, 6.07) is 15.4. The summed E-state index contributed by atoms with van der Waals surface area (Å²) < 4.78 is 10.5. The van der Waals surface area contributed by atoms with E-state index in [2.05, 4.69) is 10.3 Å². The van der Waals surface area contributed by atoms with Crippen LogP contribution >= 0.6 is 11.3 Å². The number of nitrogens with zero attached hydrogens (tertiary/aromatic N) is 1. The molecule has 0 aliphatic carbocycles. The molecule has 1 heterocycles.